The van der Waals surface area contributed by atoms with E-state index in [9.17, 15) is 14.9 Å². The first-order valence-corrected chi connectivity index (χ1v) is 10.9. The molecule has 4 aromatic rings. The summed E-state index contributed by atoms with van der Waals surface area (Å²) in [4.78, 5) is 24.5. The van der Waals surface area contributed by atoms with E-state index in [0.29, 0.717) is 16.1 Å². The van der Waals surface area contributed by atoms with Crippen LogP contribution in [0.2, 0.25) is 5.02 Å². The van der Waals surface area contributed by atoms with Gasteiger partial charge in [-0.05, 0) is 35.7 Å². The van der Waals surface area contributed by atoms with E-state index >= 15 is 0 Å². The summed E-state index contributed by atoms with van der Waals surface area (Å²) >= 11 is 6.15. The second-order valence-corrected chi connectivity index (χ2v) is 8.58. The molecule has 0 saturated heterocycles. The van der Waals surface area contributed by atoms with Crippen molar-refractivity contribution < 1.29 is 14.2 Å². The molecule has 0 aliphatic heterocycles. The first-order chi connectivity index (χ1) is 16.0. The van der Waals surface area contributed by atoms with E-state index in [1.165, 1.54) is 0 Å². The van der Waals surface area contributed by atoms with Crippen molar-refractivity contribution in [2.24, 2.45) is 0 Å². The minimum Gasteiger partial charge on any atom is -0.354 e. The molecule has 1 aromatic heterocycles. The van der Waals surface area contributed by atoms with Crippen molar-refractivity contribution in [3.8, 4) is 0 Å². The summed E-state index contributed by atoms with van der Waals surface area (Å²) in [6.45, 7) is 1.56. The highest BCUT2D eigenvalue weighted by atomic mass is 35.5. The van der Waals surface area contributed by atoms with Crippen LogP contribution < -0.4 is 0 Å². The third kappa shape index (κ3) is 3.62. The van der Waals surface area contributed by atoms with Gasteiger partial charge in [-0.3, -0.25) is 14.9 Å². The summed E-state index contributed by atoms with van der Waals surface area (Å²) in [6.07, 6.45) is 0.236. The molecule has 1 aliphatic carbocycles. The zero-order valence-corrected chi connectivity index (χ0v) is 18.5. The molecule has 0 radical (unpaired) electrons. The summed E-state index contributed by atoms with van der Waals surface area (Å²) in [5.41, 5.74) is 4.13. The molecule has 1 heterocycles. The first-order valence-electron chi connectivity index (χ1n) is 10.5. The Labute approximate surface area is 195 Å². The van der Waals surface area contributed by atoms with E-state index < -0.39 is 4.92 Å². The SMILES string of the molecule is Cc1noc(CC(c2ccc(Cl)cc2)C2c3ccccc3C(=O)c3ccccc32)c1[N+](=O)[O-]. The monoisotopic (exact) mass is 458 g/mol. The molecule has 1 unspecified atom stereocenters. The van der Waals surface area contributed by atoms with Gasteiger partial charge in [0, 0.05) is 34.4 Å². The number of nitrogens with zero attached hydrogens (tertiary/aromatic N) is 2. The predicted octanol–water partition coefficient (Wildman–Crippen LogP) is 6.25. The number of hydrogen-bond donors (Lipinski definition) is 0. The number of carbonyl (C=O) groups excluding carboxylic acids is 1. The zero-order valence-electron chi connectivity index (χ0n) is 17.7. The largest absolute Gasteiger partial charge is 0.354 e. The van der Waals surface area contributed by atoms with Gasteiger partial charge >= 0.3 is 5.69 Å². The van der Waals surface area contributed by atoms with Gasteiger partial charge in [0.1, 0.15) is 0 Å². The van der Waals surface area contributed by atoms with Gasteiger partial charge < -0.3 is 4.52 Å². The van der Waals surface area contributed by atoms with E-state index in [-0.39, 0.29) is 41.2 Å². The number of benzene rings is 3. The highest BCUT2D eigenvalue weighted by Gasteiger charge is 2.38. The molecule has 3 aromatic carbocycles. The van der Waals surface area contributed by atoms with Crippen molar-refractivity contribution in [2.45, 2.75) is 25.2 Å². The van der Waals surface area contributed by atoms with Crippen molar-refractivity contribution in [3.63, 3.8) is 0 Å². The molecule has 5 rings (SSSR count). The fraction of sp³-hybridized carbons (Fsp3) is 0.154. The molecule has 0 N–H and O–H groups in total. The third-order valence-corrected chi connectivity index (χ3v) is 6.52. The van der Waals surface area contributed by atoms with Crippen molar-refractivity contribution >= 4 is 23.1 Å². The van der Waals surface area contributed by atoms with Crippen LogP contribution >= 0.6 is 11.6 Å². The Morgan fingerprint density at radius 1 is 1.00 bits per heavy atom. The first kappa shape index (κ1) is 21.1. The normalized spacial score (nSPS) is 13.9. The predicted molar refractivity (Wildman–Crippen MR) is 124 cm³/mol. The van der Waals surface area contributed by atoms with Crippen LogP contribution in [0.4, 0.5) is 5.69 Å². The van der Waals surface area contributed by atoms with Crippen LogP contribution in [-0.4, -0.2) is 15.9 Å². The molecule has 0 amide bonds. The number of rotatable bonds is 5. The van der Waals surface area contributed by atoms with Crippen LogP contribution in [0.3, 0.4) is 0 Å². The fourth-order valence-corrected chi connectivity index (χ4v) is 4.94. The van der Waals surface area contributed by atoms with Crippen molar-refractivity contribution in [3.05, 3.63) is 127 Å². The van der Waals surface area contributed by atoms with Crippen LogP contribution in [0.1, 0.15) is 55.9 Å². The maximum absolute atomic E-state index is 13.2. The van der Waals surface area contributed by atoms with Crippen LogP contribution in [0.15, 0.2) is 77.3 Å². The lowest BCUT2D eigenvalue weighted by Gasteiger charge is -2.33. The molecule has 0 saturated carbocycles. The Kier molecular flexibility index (Phi) is 5.30. The van der Waals surface area contributed by atoms with Gasteiger partial charge in [0.05, 0.1) is 4.92 Å². The van der Waals surface area contributed by atoms with E-state index in [0.717, 1.165) is 16.7 Å². The van der Waals surface area contributed by atoms with Gasteiger partial charge in [-0.2, -0.15) is 0 Å². The number of ketones is 1. The second kappa shape index (κ2) is 8.30. The number of nitro groups is 1. The molecule has 6 nitrogen and oxygen atoms in total. The summed E-state index contributed by atoms with van der Waals surface area (Å²) in [7, 11) is 0. The minimum atomic E-state index is -0.452. The van der Waals surface area contributed by atoms with Gasteiger partial charge in [-0.25, -0.2) is 0 Å². The number of aryl methyl sites for hydroxylation is 1. The van der Waals surface area contributed by atoms with E-state index in [1.807, 2.05) is 60.7 Å². The van der Waals surface area contributed by atoms with E-state index in [1.54, 1.807) is 19.1 Å². The standard InChI is InChI=1S/C26H19ClN2O4/c1-15-25(29(31)32)23(33-28-15)14-22(16-10-12-17(27)13-11-16)24-18-6-2-4-8-20(18)26(30)21-9-5-3-7-19(21)24/h2-13,22,24H,14H2,1H3. The van der Waals surface area contributed by atoms with Crippen molar-refractivity contribution in [1.29, 1.82) is 0 Å². The maximum atomic E-state index is 13.2. The van der Waals surface area contributed by atoms with Gasteiger partial charge in [-0.1, -0.05) is 77.4 Å². The Morgan fingerprint density at radius 2 is 1.58 bits per heavy atom. The quantitative estimate of drug-likeness (QED) is 0.260. The molecule has 1 atom stereocenters. The molecule has 0 fully saturated rings. The topological polar surface area (TPSA) is 86.2 Å². The third-order valence-electron chi connectivity index (χ3n) is 6.27. The Hall–Kier alpha value is -3.77. The van der Waals surface area contributed by atoms with Gasteiger partial charge in [0.25, 0.3) is 0 Å². The Morgan fingerprint density at radius 3 is 2.15 bits per heavy atom. The molecule has 1 aliphatic rings. The second-order valence-electron chi connectivity index (χ2n) is 8.14. The number of carbonyl (C=O) groups is 1. The maximum Gasteiger partial charge on any atom is 0.334 e. The average Bonchev–Trinajstić information content (AvgIpc) is 3.19. The lowest BCUT2D eigenvalue weighted by atomic mass is 9.68. The van der Waals surface area contributed by atoms with Crippen LogP contribution in [0.5, 0.6) is 0 Å². The molecule has 164 valence electrons. The van der Waals surface area contributed by atoms with Crippen molar-refractivity contribution in [1.82, 2.24) is 5.16 Å². The number of aromatic nitrogens is 1. The smallest absolute Gasteiger partial charge is 0.334 e. The lowest BCUT2D eigenvalue weighted by Crippen LogP contribution is -2.25. The molecule has 7 heteroatoms. The zero-order chi connectivity index (χ0) is 23.1. The summed E-state index contributed by atoms with van der Waals surface area (Å²) < 4.78 is 5.44. The summed E-state index contributed by atoms with van der Waals surface area (Å²) in [5.74, 6) is -0.289. The van der Waals surface area contributed by atoms with Gasteiger partial charge in [0.2, 0.25) is 5.76 Å². The molecule has 33 heavy (non-hydrogen) atoms. The van der Waals surface area contributed by atoms with Crippen LogP contribution in [0, 0.1) is 17.0 Å². The number of fused-ring (bicyclic) bond motifs is 2. The summed E-state index contributed by atoms with van der Waals surface area (Å²) in [5, 5.41) is 16.2. The molecule has 0 spiro atoms. The minimum absolute atomic E-state index is 0.0196. The van der Waals surface area contributed by atoms with Crippen LogP contribution in [0.25, 0.3) is 0 Å². The molecular formula is C26H19ClN2O4. The molecular weight excluding hydrogens is 440 g/mol. The molecule has 0 bridgehead atoms. The van der Waals surface area contributed by atoms with Crippen LogP contribution in [-0.2, 0) is 6.42 Å². The van der Waals surface area contributed by atoms with E-state index in [4.69, 9.17) is 16.1 Å². The highest BCUT2D eigenvalue weighted by Crippen LogP contribution is 2.47. The fourth-order valence-electron chi connectivity index (χ4n) is 4.81. The number of halogens is 1. The van der Waals surface area contributed by atoms with E-state index in [2.05, 4.69) is 5.16 Å². The van der Waals surface area contributed by atoms with Gasteiger partial charge in [0.15, 0.2) is 11.5 Å². The Balaban J connectivity index is 1.73. The number of hydrogen-bond acceptors (Lipinski definition) is 5. The Bertz CT molecular complexity index is 1330. The lowest BCUT2D eigenvalue weighted by molar-refractivity contribution is -0.386. The summed E-state index contributed by atoms with van der Waals surface area (Å²) in [6, 6.07) is 22.5. The van der Waals surface area contributed by atoms with Crippen molar-refractivity contribution in [2.75, 3.05) is 0 Å². The average molecular weight is 459 g/mol. The highest BCUT2D eigenvalue weighted by molar-refractivity contribution is 6.30. The van der Waals surface area contributed by atoms with Gasteiger partial charge in [-0.15, -0.1) is 0 Å².